The molecular formula is C23H22BrN3O2. The van der Waals surface area contributed by atoms with Gasteiger partial charge in [0, 0.05) is 41.8 Å². The lowest BCUT2D eigenvalue weighted by Crippen LogP contribution is -2.52. The standard InChI is InChI=1S/C23H22BrN3O2/c24-18-5-1-4-17(11-18)20-12-21(29)27(14-15-3-2-10-26-13-15)23(22(20)25)16-6-8-19(28)9-7-16/h1-11,13,20,22-23,28H,12,14,25H2/t20?,22-,23+/m0/s1. The van der Waals surface area contributed by atoms with Crippen molar-refractivity contribution in [3.05, 3.63) is 94.2 Å². The summed E-state index contributed by atoms with van der Waals surface area (Å²) in [6, 6.07) is 18.2. The summed E-state index contributed by atoms with van der Waals surface area (Å²) in [7, 11) is 0. The number of amides is 1. The van der Waals surface area contributed by atoms with Crippen LogP contribution >= 0.6 is 15.9 Å². The van der Waals surface area contributed by atoms with Gasteiger partial charge in [0.1, 0.15) is 5.75 Å². The van der Waals surface area contributed by atoms with Crippen molar-refractivity contribution in [3.63, 3.8) is 0 Å². The number of piperidine rings is 1. The molecule has 1 aromatic heterocycles. The van der Waals surface area contributed by atoms with Crippen LogP contribution in [0.4, 0.5) is 0 Å². The highest BCUT2D eigenvalue weighted by Crippen LogP contribution is 2.40. The monoisotopic (exact) mass is 451 g/mol. The molecule has 1 fully saturated rings. The van der Waals surface area contributed by atoms with Crippen molar-refractivity contribution in [1.82, 2.24) is 9.88 Å². The number of nitrogens with two attached hydrogens (primary N) is 1. The number of phenolic OH excluding ortho intramolecular Hbond substituents is 1. The molecule has 29 heavy (non-hydrogen) atoms. The number of hydrogen-bond acceptors (Lipinski definition) is 4. The molecule has 0 saturated carbocycles. The molecular weight excluding hydrogens is 430 g/mol. The van der Waals surface area contributed by atoms with Crippen LogP contribution in [0.5, 0.6) is 5.75 Å². The number of rotatable bonds is 4. The molecule has 3 aromatic rings. The van der Waals surface area contributed by atoms with E-state index in [0.717, 1.165) is 21.2 Å². The van der Waals surface area contributed by atoms with Gasteiger partial charge in [0.15, 0.2) is 0 Å². The highest BCUT2D eigenvalue weighted by Gasteiger charge is 2.41. The van der Waals surface area contributed by atoms with Crippen LogP contribution in [-0.2, 0) is 11.3 Å². The number of carbonyl (C=O) groups excluding carboxylic acids is 1. The molecule has 1 aliphatic rings. The number of pyridine rings is 1. The van der Waals surface area contributed by atoms with Gasteiger partial charge in [-0.05, 0) is 47.0 Å². The van der Waals surface area contributed by atoms with E-state index in [0.29, 0.717) is 13.0 Å². The van der Waals surface area contributed by atoms with Crippen molar-refractivity contribution in [2.45, 2.75) is 31.0 Å². The van der Waals surface area contributed by atoms with Gasteiger partial charge in [-0.1, -0.05) is 46.3 Å². The first-order chi connectivity index (χ1) is 14.0. The van der Waals surface area contributed by atoms with Gasteiger partial charge in [-0.2, -0.15) is 0 Å². The van der Waals surface area contributed by atoms with Crippen molar-refractivity contribution >= 4 is 21.8 Å². The number of carbonyl (C=O) groups is 1. The Kier molecular flexibility index (Phi) is 5.65. The molecule has 5 nitrogen and oxygen atoms in total. The summed E-state index contributed by atoms with van der Waals surface area (Å²) in [5.74, 6) is 0.148. The Morgan fingerprint density at radius 3 is 2.59 bits per heavy atom. The molecule has 2 heterocycles. The summed E-state index contributed by atoms with van der Waals surface area (Å²) in [5.41, 5.74) is 9.71. The molecule has 0 spiro atoms. The van der Waals surface area contributed by atoms with Crippen molar-refractivity contribution < 1.29 is 9.90 Å². The molecule has 3 atom stereocenters. The maximum Gasteiger partial charge on any atom is 0.224 e. The Labute approximate surface area is 178 Å². The lowest BCUT2D eigenvalue weighted by atomic mass is 9.78. The van der Waals surface area contributed by atoms with E-state index in [1.165, 1.54) is 0 Å². The maximum absolute atomic E-state index is 13.3. The van der Waals surface area contributed by atoms with Crippen LogP contribution < -0.4 is 5.73 Å². The van der Waals surface area contributed by atoms with Crippen LogP contribution in [0.25, 0.3) is 0 Å². The van der Waals surface area contributed by atoms with Gasteiger partial charge in [0.25, 0.3) is 0 Å². The summed E-state index contributed by atoms with van der Waals surface area (Å²) < 4.78 is 0.966. The number of hydrogen-bond donors (Lipinski definition) is 2. The van der Waals surface area contributed by atoms with Crippen LogP contribution in [-0.4, -0.2) is 26.9 Å². The van der Waals surface area contributed by atoms with Crippen LogP contribution in [0.1, 0.15) is 35.1 Å². The fourth-order valence-corrected chi connectivity index (χ4v) is 4.47. The fraction of sp³-hybridized carbons (Fsp3) is 0.217. The average molecular weight is 452 g/mol. The summed E-state index contributed by atoms with van der Waals surface area (Å²) in [6.07, 6.45) is 3.84. The Morgan fingerprint density at radius 2 is 1.90 bits per heavy atom. The van der Waals surface area contributed by atoms with Gasteiger partial charge in [-0.25, -0.2) is 0 Å². The Bertz CT molecular complexity index is 995. The van der Waals surface area contributed by atoms with Crippen molar-refractivity contribution in [3.8, 4) is 5.75 Å². The molecule has 148 valence electrons. The highest BCUT2D eigenvalue weighted by molar-refractivity contribution is 9.10. The lowest BCUT2D eigenvalue weighted by Gasteiger charge is -2.44. The third-order valence-corrected chi connectivity index (χ3v) is 5.96. The zero-order valence-corrected chi connectivity index (χ0v) is 17.4. The molecule has 0 bridgehead atoms. The van der Waals surface area contributed by atoms with E-state index in [4.69, 9.17) is 5.73 Å². The van der Waals surface area contributed by atoms with E-state index in [1.54, 1.807) is 24.5 Å². The van der Waals surface area contributed by atoms with E-state index in [2.05, 4.69) is 20.9 Å². The van der Waals surface area contributed by atoms with Gasteiger partial charge in [-0.3, -0.25) is 9.78 Å². The summed E-state index contributed by atoms with van der Waals surface area (Å²) in [6.45, 7) is 0.442. The zero-order chi connectivity index (χ0) is 20.4. The van der Waals surface area contributed by atoms with Gasteiger partial charge >= 0.3 is 0 Å². The normalized spacial score (nSPS) is 21.9. The minimum absolute atomic E-state index is 0.0543. The van der Waals surface area contributed by atoms with Crippen LogP contribution in [0.2, 0.25) is 0 Å². The van der Waals surface area contributed by atoms with E-state index < -0.39 is 0 Å². The average Bonchev–Trinajstić information content (AvgIpc) is 2.72. The molecule has 1 aliphatic heterocycles. The summed E-state index contributed by atoms with van der Waals surface area (Å²) in [5, 5.41) is 9.71. The number of halogens is 1. The third kappa shape index (κ3) is 4.18. The van der Waals surface area contributed by atoms with Crippen molar-refractivity contribution in [2.75, 3.05) is 0 Å². The first-order valence-corrected chi connectivity index (χ1v) is 10.3. The molecule has 1 saturated heterocycles. The van der Waals surface area contributed by atoms with Crippen molar-refractivity contribution in [2.24, 2.45) is 5.73 Å². The van der Waals surface area contributed by atoms with E-state index >= 15 is 0 Å². The lowest BCUT2D eigenvalue weighted by molar-refractivity contribution is -0.139. The molecule has 0 aliphatic carbocycles. The zero-order valence-electron chi connectivity index (χ0n) is 15.8. The Balaban J connectivity index is 1.73. The topological polar surface area (TPSA) is 79.5 Å². The minimum Gasteiger partial charge on any atom is -0.508 e. The van der Waals surface area contributed by atoms with Crippen LogP contribution in [0.15, 0.2) is 77.5 Å². The molecule has 4 rings (SSSR count). The largest absolute Gasteiger partial charge is 0.508 e. The number of benzene rings is 2. The number of aromatic hydroxyl groups is 1. The van der Waals surface area contributed by atoms with Crippen molar-refractivity contribution in [1.29, 1.82) is 0 Å². The van der Waals surface area contributed by atoms with Crippen LogP contribution in [0, 0.1) is 0 Å². The van der Waals surface area contributed by atoms with Gasteiger partial charge in [-0.15, -0.1) is 0 Å². The maximum atomic E-state index is 13.3. The van der Waals surface area contributed by atoms with Gasteiger partial charge in [0.05, 0.1) is 6.04 Å². The molecule has 3 N–H and O–H groups in total. The second-order valence-electron chi connectivity index (χ2n) is 7.36. The first kappa shape index (κ1) is 19.6. The second-order valence-corrected chi connectivity index (χ2v) is 8.28. The molecule has 6 heteroatoms. The summed E-state index contributed by atoms with van der Waals surface area (Å²) >= 11 is 3.52. The number of nitrogens with zero attached hydrogens (tertiary/aromatic N) is 2. The van der Waals surface area contributed by atoms with E-state index in [1.807, 2.05) is 53.4 Å². The molecule has 1 unspecified atom stereocenters. The number of phenols is 1. The second kappa shape index (κ2) is 8.35. The summed E-state index contributed by atoms with van der Waals surface area (Å²) in [4.78, 5) is 19.3. The highest BCUT2D eigenvalue weighted by atomic mass is 79.9. The fourth-order valence-electron chi connectivity index (χ4n) is 4.05. The number of aromatic nitrogens is 1. The van der Waals surface area contributed by atoms with Gasteiger partial charge in [0.2, 0.25) is 5.91 Å². The van der Waals surface area contributed by atoms with E-state index in [9.17, 15) is 9.90 Å². The molecule has 1 amide bonds. The SMILES string of the molecule is N[C@H]1C(c2cccc(Br)c2)CC(=O)N(Cc2cccnc2)[C@@H]1c1ccc(O)cc1. The van der Waals surface area contributed by atoms with E-state index in [-0.39, 0.29) is 29.7 Å². The number of likely N-dealkylation sites (tertiary alicyclic amines) is 1. The van der Waals surface area contributed by atoms with Gasteiger partial charge < -0.3 is 15.7 Å². The Hall–Kier alpha value is -2.70. The smallest absolute Gasteiger partial charge is 0.224 e. The minimum atomic E-state index is -0.305. The first-order valence-electron chi connectivity index (χ1n) is 9.51. The predicted octanol–water partition coefficient (Wildman–Crippen LogP) is 4.13. The Morgan fingerprint density at radius 1 is 1.10 bits per heavy atom. The van der Waals surface area contributed by atoms with Crippen LogP contribution in [0.3, 0.4) is 0 Å². The predicted molar refractivity (Wildman–Crippen MR) is 115 cm³/mol. The molecule has 0 radical (unpaired) electrons. The quantitative estimate of drug-likeness (QED) is 0.624. The molecule has 2 aromatic carbocycles. The third-order valence-electron chi connectivity index (χ3n) is 5.47.